The first-order valence-electron chi connectivity index (χ1n) is 8.09. The lowest BCUT2D eigenvalue weighted by atomic mass is 10.1. The molecule has 25 heavy (non-hydrogen) atoms. The van der Waals surface area contributed by atoms with Crippen LogP contribution in [0.3, 0.4) is 0 Å². The number of ether oxygens (including phenoxy) is 1. The van der Waals surface area contributed by atoms with Crippen LogP contribution in [0.5, 0.6) is 5.75 Å². The molecule has 0 saturated carbocycles. The van der Waals surface area contributed by atoms with E-state index in [1.54, 1.807) is 13.2 Å². The summed E-state index contributed by atoms with van der Waals surface area (Å²) in [6.45, 7) is 1.21. The minimum absolute atomic E-state index is 0.0296. The number of halogens is 1. The second kappa shape index (κ2) is 6.09. The quantitative estimate of drug-likeness (QED) is 0.842. The minimum atomic E-state index is -3.38. The van der Waals surface area contributed by atoms with Crippen molar-refractivity contribution in [1.82, 2.24) is 9.21 Å². The number of hydrogen-bond donors (Lipinski definition) is 0. The Morgan fingerprint density at radius 1 is 1.20 bits per heavy atom. The fraction of sp³-hybridized carbons (Fsp3) is 0.333. The van der Waals surface area contributed by atoms with E-state index in [-0.39, 0.29) is 17.6 Å². The normalized spacial score (nSPS) is 22.4. The topological polar surface area (TPSA) is 49.9 Å². The average molecular weight is 362 g/mol. The molecule has 1 atom stereocenters. The highest BCUT2D eigenvalue weighted by molar-refractivity contribution is 7.89. The summed E-state index contributed by atoms with van der Waals surface area (Å²) in [7, 11) is -1.78. The van der Waals surface area contributed by atoms with Crippen LogP contribution in [0.4, 0.5) is 4.39 Å². The Morgan fingerprint density at radius 3 is 2.68 bits per heavy atom. The molecule has 4 rings (SSSR count). The summed E-state index contributed by atoms with van der Waals surface area (Å²) in [5.41, 5.74) is 2.71. The van der Waals surface area contributed by atoms with Crippen molar-refractivity contribution in [2.75, 3.05) is 19.5 Å². The van der Waals surface area contributed by atoms with Gasteiger partial charge in [-0.2, -0.15) is 4.31 Å². The van der Waals surface area contributed by atoms with Crippen LogP contribution in [0.25, 0.3) is 0 Å². The SMILES string of the molecule is COc1ccc(CN2CN3Cc4cc(F)ccc4C3CS2(=O)=O)cc1. The maximum absolute atomic E-state index is 13.5. The van der Waals surface area contributed by atoms with E-state index in [2.05, 4.69) is 4.90 Å². The summed E-state index contributed by atoms with van der Waals surface area (Å²) in [6.07, 6.45) is 0. The van der Waals surface area contributed by atoms with Gasteiger partial charge in [0.05, 0.1) is 25.6 Å². The Bertz CT molecular complexity index is 899. The molecule has 0 aromatic heterocycles. The predicted octanol–water partition coefficient (Wildman–Crippen LogP) is 2.49. The van der Waals surface area contributed by atoms with E-state index in [1.807, 2.05) is 24.3 Å². The molecule has 0 bridgehead atoms. The van der Waals surface area contributed by atoms with Crippen molar-refractivity contribution >= 4 is 10.0 Å². The first kappa shape index (κ1) is 16.5. The van der Waals surface area contributed by atoms with Gasteiger partial charge in [-0.15, -0.1) is 0 Å². The molecule has 2 aliphatic heterocycles. The molecule has 0 aliphatic carbocycles. The molecule has 0 N–H and O–H groups in total. The Morgan fingerprint density at radius 2 is 1.96 bits per heavy atom. The molecule has 1 fully saturated rings. The summed E-state index contributed by atoms with van der Waals surface area (Å²) in [5, 5.41) is 0. The van der Waals surface area contributed by atoms with Crippen molar-refractivity contribution in [1.29, 1.82) is 0 Å². The van der Waals surface area contributed by atoms with Crippen LogP contribution in [-0.2, 0) is 23.1 Å². The first-order valence-corrected chi connectivity index (χ1v) is 9.70. The zero-order chi connectivity index (χ0) is 17.6. The van der Waals surface area contributed by atoms with Crippen molar-refractivity contribution < 1.29 is 17.5 Å². The third-order valence-corrected chi connectivity index (χ3v) is 6.67. The van der Waals surface area contributed by atoms with E-state index in [4.69, 9.17) is 4.74 Å². The van der Waals surface area contributed by atoms with E-state index < -0.39 is 10.0 Å². The molecule has 0 amide bonds. The molecule has 0 spiro atoms. The van der Waals surface area contributed by atoms with Crippen LogP contribution in [0.2, 0.25) is 0 Å². The highest BCUT2D eigenvalue weighted by Crippen LogP contribution is 2.38. The van der Waals surface area contributed by atoms with Gasteiger partial charge in [-0.25, -0.2) is 12.8 Å². The molecule has 2 aromatic carbocycles. The monoisotopic (exact) mass is 362 g/mol. The van der Waals surface area contributed by atoms with Gasteiger partial charge < -0.3 is 4.74 Å². The van der Waals surface area contributed by atoms with Crippen LogP contribution < -0.4 is 4.74 Å². The van der Waals surface area contributed by atoms with Gasteiger partial charge in [-0.1, -0.05) is 18.2 Å². The molecule has 2 aromatic rings. The lowest BCUT2D eigenvalue weighted by molar-refractivity contribution is 0.137. The summed E-state index contributed by atoms with van der Waals surface area (Å²) in [6, 6.07) is 11.8. The Kier molecular flexibility index (Phi) is 4.02. The number of fused-ring (bicyclic) bond motifs is 3. The van der Waals surface area contributed by atoms with E-state index in [9.17, 15) is 12.8 Å². The van der Waals surface area contributed by atoms with Gasteiger partial charge in [0.25, 0.3) is 0 Å². The number of hydrogen-bond acceptors (Lipinski definition) is 4. The van der Waals surface area contributed by atoms with Crippen molar-refractivity contribution in [3.63, 3.8) is 0 Å². The molecule has 7 heteroatoms. The molecule has 2 heterocycles. The van der Waals surface area contributed by atoms with Crippen LogP contribution >= 0.6 is 0 Å². The van der Waals surface area contributed by atoms with Crippen molar-refractivity contribution in [2.45, 2.75) is 19.1 Å². The van der Waals surface area contributed by atoms with E-state index in [0.29, 0.717) is 19.8 Å². The number of rotatable bonds is 3. The molecular formula is C18H19FN2O3S. The van der Waals surface area contributed by atoms with Crippen molar-refractivity contribution in [2.24, 2.45) is 0 Å². The third kappa shape index (κ3) is 3.03. The van der Waals surface area contributed by atoms with Crippen molar-refractivity contribution in [3.8, 4) is 5.75 Å². The lowest BCUT2D eigenvalue weighted by Gasteiger charge is -2.37. The Balaban J connectivity index is 1.56. The largest absolute Gasteiger partial charge is 0.497 e. The van der Waals surface area contributed by atoms with Crippen LogP contribution in [0, 0.1) is 5.82 Å². The second-order valence-corrected chi connectivity index (χ2v) is 8.50. The van der Waals surface area contributed by atoms with Gasteiger partial charge in [0.1, 0.15) is 11.6 Å². The molecule has 2 aliphatic rings. The van der Waals surface area contributed by atoms with E-state index >= 15 is 0 Å². The number of nitrogens with zero attached hydrogens (tertiary/aromatic N) is 2. The van der Waals surface area contributed by atoms with Crippen LogP contribution in [0.15, 0.2) is 42.5 Å². The number of sulfonamides is 1. The zero-order valence-corrected chi connectivity index (χ0v) is 14.7. The maximum Gasteiger partial charge on any atom is 0.217 e. The van der Waals surface area contributed by atoms with Gasteiger partial charge in [-0.3, -0.25) is 4.90 Å². The molecule has 5 nitrogen and oxygen atoms in total. The summed E-state index contributed by atoms with van der Waals surface area (Å²) in [5.74, 6) is 0.487. The lowest BCUT2D eigenvalue weighted by Crippen LogP contribution is -2.49. The number of methoxy groups -OCH3 is 1. The fourth-order valence-corrected chi connectivity index (χ4v) is 5.25. The highest BCUT2D eigenvalue weighted by atomic mass is 32.2. The molecular weight excluding hydrogens is 343 g/mol. The molecule has 1 unspecified atom stereocenters. The Hall–Kier alpha value is -1.96. The molecule has 1 saturated heterocycles. The Labute approximate surface area is 146 Å². The average Bonchev–Trinajstić information content (AvgIpc) is 2.91. The van der Waals surface area contributed by atoms with Crippen LogP contribution in [-0.4, -0.2) is 37.2 Å². The van der Waals surface area contributed by atoms with Crippen LogP contribution in [0.1, 0.15) is 22.7 Å². The molecule has 132 valence electrons. The summed E-state index contributed by atoms with van der Waals surface area (Å²) >= 11 is 0. The van der Waals surface area contributed by atoms with Gasteiger partial charge in [0.15, 0.2) is 0 Å². The molecule has 0 radical (unpaired) electrons. The van der Waals surface area contributed by atoms with Gasteiger partial charge in [0.2, 0.25) is 10.0 Å². The minimum Gasteiger partial charge on any atom is -0.497 e. The van der Waals surface area contributed by atoms with Gasteiger partial charge in [0, 0.05) is 13.1 Å². The van der Waals surface area contributed by atoms with Gasteiger partial charge >= 0.3 is 0 Å². The van der Waals surface area contributed by atoms with Gasteiger partial charge in [-0.05, 0) is 41.0 Å². The number of benzene rings is 2. The smallest absolute Gasteiger partial charge is 0.217 e. The highest BCUT2D eigenvalue weighted by Gasteiger charge is 2.42. The predicted molar refractivity (Wildman–Crippen MR) is 91.9 cm³/mol. The fourth-order valence-electron chi connectivity index (χ4n) is 3.58. The first-order chi connectivity index (χ1) is 12.0. The summed E-state index contributed by atoms with van der Waals surface area (Å²) < 4.78 is 45.5. The standard InChI is InChI=1S/C18H19FN2O3S/c1-24-16-5-2-13(3-6-16)9-21-12-20-10-14-8-15(19)4-7-17(14)18(20)11-25(21,22)23/h2-8,18H,9-12H2,1H3. The van der Waals surface area contributed by atoms with E-state index in [0.717, 1.165) is 22.4 Å². The maximum atomic E-state index is 13.5. The zero-order valence-electron chi connectivity index (χ0n) is 13.9. The second-order valence-electron chi connectivity index (χ2n) is 6.48. The van der Waals surface area contributed by atoms with Crippen molar-refractivity contribution in [3.05, 3.63) is 65.0 Å². The summed E-state index contributed by atoms with van der Waals surface area (Å²) in [4.78, 5) is 2.09. The third-order valence-electron chi connectivity index (χ3n) is 4.90. The van der Waals surface area contributed by atoms with E-state index in [1.165, 1.54) is 16.4 Å².